The molecule has 0 saturated heterocycles. The fraction of sp³-hybridized carbons (Fsp3) is 0.500. The van der Waals surface area contributed by atoms with E-state index in [0.717, 1.165) is 0 Å². The largest absolute Gasteiger partial charge is 3.00 e. The molecule has 0 aromatic rings. The first-order valence-corrected chi connectivity index (χ1v) is 3.41. The minimum atomic E-state index is -0.951. The molecule has 0 aliphatic rings. The Morgan fingerprint density at radius 3 is 2.21 bits per heavy atom. The van der Waals surface area contributed by atoms with Gasteiger partial charge in [-0.15, -0.1) is 0 Å². The number of carbonyl (C=O) groups is 1. The molecule has 0 unspecified atom stereocenters. The molecule has 0 saturated carbocycles. The number of rotatable bonds is 5. The van der Waals surface area contributed by atoms with Crippen LogP contribution in [0.25, 0.3) is 0 Å². The van der Waals surface area contributed by atoms with Crippen LogP contribution < -0.4 is 0 Å². The summed E-state index contributed by atoms with van der Waals surface area (Å²) in [6.07, 6.45) is 0. The Bertz CT molecular complexity index is 114. The monoisotopic (exact) mass is 251 g/mol. The molecule has 5 nitrogen and oxygen atoms in total. The van der Waals surface area contributed by atoms with Gasteiger partial charge in [0.25, 0.3) is 0 Å². The third kappa shape index (κ3) is 22.6. The fourth-order valence-corrected chi connectivity index (χ4v) is 0.440. The Kier molecular flexibility index (Phi) is 31.3. The molecule has 0 amide bonds. The zero-order valence-electron chi connectivity index (χ0n) is 8.53. The molecule has 0 heterocycles. The molecule has 0 radical (unpaired) electrons. The van der Waals surface area contributed by atoms with Crippen molar-refractivity contribution in [1.29, 1.82) is 0 Å². The van der Waals surface area contributed by atoms with Crippen molar-refractivity contribution in [3.8, 4) is 0 Å². The van der Waals surface area contributed by atoms with Gasteiger partial charge in [0.1, 0.15) is 0 Å². The van der Waals surface area contributed by atoms with Crippen LogP contribution in [0.5, 0.6) is 0 Å². The van der Waals surface area contributed by atoms with Crippen molar-refractivity contribution in [3.05, 3.63) is 21.4 Å². The van der Waals surface area contributed by atoms with E-state index in [1.54, 1.807) is 6.92 Å². The Balaban J connectivity index is -0.000000117. The average molecular weight is 251 g/mol. The van der Waals surface area contributed by atoms with Gasteiger partial charge in [-0.2, -0.15) is 6.92 Å². The summed E-state index contributed by atoms with van der Waals surface area (Å²) in [5.74, 6) is -0.951. The SMILES string of the molecule is [CH2-]C.[CH2-]N(CCOO)CC(=O)O.[CH3-].[Co+3]. The number of hydrogen-bond donors (Lipinski definition) is 2. The van der Waals surface area contributed by atoms with E-state index in [0.29, 0.717) is 6.54 Å². The van der Waals surface area contributed by atoms with E-state index in [-0.39, 0.29) is 37.4 Å². The molecular formula is C8H18CoNO4. The number of carboxylic acids is 1. The van der Waals surface area contributed by atoms with Gasteiger partial charge in [-0.3, -0.25) is 17.1 Å². The zero-order valence-corrected chi connectivity index (χ0v) is 9.57. The summed E-state index contributed by atoms with van der Waals surface area (Å²) in [5, 5.41) is 16.0. The van der Waals surface area contributed by atoms with E-state index >= 15 is 0 Å². The minimum absolute atomic E-state index is 0. The van der Waals surface area contributed by atoms with Crippen LogP contribution in [0.1, 0.15) is 6.92 Å². The molecule has 6 heteroatoms. The van der Waals surface area contributed by atoms with Gasteiger partial charge in [0, 0.05) is 0 Å². The standard InChI is InChI=1S/C5H10NO4.C2H5.CH3.Co/c1-6(2-3-10-9)4-5(7)8;1-2;;/h9H,1-4H2,(H,7,8);1H2,2H3;1H3;/q3*-1;+3. The first-order chi connectivity index (χ1) is 5.66. The summed E-state index contributed by atoms with van der Waals surface area (Å²) < 4.78 is 0. The summed E-state index contributed by atoms with van der Waals surface area (Å²) in [7, 11) is 3.38. The fourth-order valence-electron chi connectivity index (χ4n) is 0.440. The molecule has 0 bridgehead atoms. The zero-order chi connectivity index (χ0) is 9.98. The van der Waals surface area contributed by atoms with Crippen molar-refractivity contribution in [3.63, 3.8) is 0 Å². The van der Waals surface area contributed by atoms with Crippen molar-refractivity contribution >= 4 is 5.97 Å². The van der Waals surface area contributed by atoms with Crippen LogP contribution in [0.4, 0.5) is 0 Å². The molecule has 0 aliphatic heterocycles. The second-order valence-corrected chi connectivity index (χ2v) is 1.78. The number of carboxylic acid groups (broad SMARTS) is 1. The van der Waals surface area contributed by atoms with Gasteiger partial charge in [0.15, 0.2) is 0 Å². The van der Waals surface area contributed by atoms with Gasteiger partial charge in [0.2, 0.25) is 0 Å². The minimum Gasteiger partial charge on any atom is -0.480 e. The molecule has 88 valence electrons. The van der Waals surface area contributed by atoms with Crippen molar-refractivity contribution in [2.75, 3.05) is 19.7 Å². The summed E-state index contributed by atoms with van der Waals surface area (Å²) >= 11 is 0. The first-order valence-electron chi connectivity index (χ1n) is 3.41. The van der Waals surface area contributed by atoms with E-state index in [1.807, 2.05) is 0 Å². The molecule has 14 heavy (non-hydrogen) atoms. The van der Waals surface area contributed by atoms with Crippen molar-refractivity contribution < 1.29 is 36.8 Å². The van der Waals surface area contributed by atoms with Crippen LogP contribution >= 0.6 is 0 Å². The smallest absolute Gasteiger partial charge is 0.480 e. The topological polar surface area (TPSA) is 70.0 Å². The van der Waals surface area contributed by atoms with E-state index in [4.69, 9.17) is 10.4 Å². The molecule has 2 N–H and O–H groups in total. The summed E-state index contributed by atoms with van der Waals surface area (Å²) in [6.45, 7) is 5.21. The number of hydrogen-bond acceptors (Lipinski definition) is 4. The molecule has 0 aliphatic carbocycles. The normalized spacial score (nSPS) is 7.79. The van der Waals surface area contributed by atoms with E-state index in [1.165, 1.54) is 4.90 Å². The van der Waals surface area contributed by atoms with Crippen LogP contribution in [-0.2, 0) is 26.5 Å². The molecular weight excluding hydrogens is 233 g/mol. The first kappa shape index (κ1) is 23.6. The Morgan fingerprint density at radius 2 is 1.93 bits per heavy atom. The van der Waals surface area contributed by atoms with Gasteiger partial charge in [0.05, 0.1) is 13.2 Å². The molecule has 0 spiro atoms. The van der Waals surface area contributed by atoms with Crippen LogP contribution in [-0.4, -0.2) is 40.9 Å². The maximum Gasteiger partial charge on any atom is 3.00 e. The Morgan fingerprint density at radius 1 is 1.50 bits per heavy atom. The maximum atomic E-state index is 9.99. The van der Waals surface area contributed by atoms with Gasteiger partial charge in [-0.1, -0.05) is 0 Å². The quantitative estimate of drug-likeness (QED) is 0.432. The average Bonchev–Trinajstić information content (AvgIpc) is 2.03. The van der Waals surface area contributed by atoms with E-state index in [2.05, 4.69) is 18.9 Å². The molecule has 0 aromatic carbocycles. The molecule has 0 atom stereocenters. The Labute approximate surface area is 96.2 Å². The summed E-state index contributed by atoms with van der Waals surface area (Å²) in [5.41, 5.74) is 0. The third-order valence-electron chi connectivity index (χ3n) is 0.858. The molecule has 0 aromatic heterocycles. The van der Waals surface area contributed by atoms with Crippen LogP contribution in [0.2, 0.25) is 0 Å². The van der Waals surface area contributed by atoms with E-state index in [9.17, 15) is 4.79 Å². The molecule has 0 fully saturated rings. The van der Waals surface area contributed by atoms with Gasteiger partial charge in [-0.25, -0.2) is 4.89 Å². The van der Waals surface area contributed by atoms with Crippen LogP contribution in [0.15, 0.2) is 0 Å². The van der Waals surface area contributed by atoms with Crippen LogP contribution in [0.3, 0.4) is 0 Å². The Hall–Kier alpha value is -0.144. The molecule has 0 rings (SSSR count). The third-order valence-corrected chi connectivity index (χ3v) is 0.858. The van der Waals surface area contributed by atoms with E-state index < -0.39 is 5.97 Å². The number of aliphatic carboxylic acids is 1. The predicted octanol–water partition coefficient (Wildman–Crippen LogP) is 0.942. The van der Waals surface area contributed by atoms with Crippen molar-refractivity contribution in [2.24, 2.45) is 0 Å². The summed E-state index contributed by atoms with van der Waals surface area (Å²) in [4.78, 5) is 15.0. The predicted molar refractivity (Wildman–Crippen MR) is 50.6 cm³/mol. The summed E-state index contributed by atoms with van der Waals surface area (Å²) in [6, 6.07) is 0. The second kappa shape index (κ2) is 18.6. The second-order valence-electron chi connectivity index (χ2n) is 1.78. The van der Waals surface area contributed by atoms with Gasteiger partial charge in [-0.05, 0) is 6.54 Å². The van der Waals surface area contributed by atoms with Crippen LogP contribution in [0, 0.1) is 21.4 Å². The van der Waals surface area contributed by atoms with Crippen molar-refractivity contribution in [2.45, 2.75) is 6.92 Å². The maximum absolute atomic E-state index is 9.99. The number of nitrogens with zero attached hydrogens (tertiary/aromatic N) is 1. The van der Waals surface area contributed by atoms with Gasteiger partial charge >= 0.3 is 22.7 Å². The van der Waals surface area contributed by atoms with Gasteiger partial charge < -0.3 is 24.4 Å². The van der Waals surface area contributed by atoms with Crippen molar-refractivity contribution in [1.82, 2.24) is 4.90 Å².